The molecule has 1 aromatic rings. The van der Waals surface area contributed by atoms with Crippen LogP contribution in [0.4, 0.5) is 10.5 Å². The zero-order chi connectivity index (χ0) is 22.1. The monoisotopic (exact) mass is 427 g/mol. The fourth-order valence-corrected chi connectivity index (χ4v) is 5.23. The quantitative estimate of drug-likeness (QED) is 0.677. The molecule has 3 aliphatic heterocycles. The van der Waals surface area contributed by atoms with E-state index in [9.17, 15) is 9.59 Å². The summed E-state index contributed by atoms with van der Waals surface area (Å²) in [5, 5.41) is 3.60. The van der Waals surface area contributed by atoms with E-state index in [1.807, 2.05) is 7.05 Å². The molecule has 7 heteroatoms. The molecule has 1 N–H and O–H groups in total. The number of likely N-dealkylation sites (N-methyl/N-ethyl adjacent to an activating group) is 1. The van der Waals surface area contributed by atoms with Gasteiger partial charge in [-0.25, -0.2) is 4.79 Å². The Kier molecular flexibility index (Phi) is 6.53. The number of carbonyl (C=O) groups excluding carboxylic acids is 2. The number of urea groups is 1. The Balaban J connectivity index is 1.54. The average Bonchev–Trinajstić information content (AvgIpc) is 3.14. The van der Waals surface area contributed by atoms with Crippen molar-refractivity contribution < 1.29 is 9.59 Å². The van der Waals surface area contributed by atoms with Crippen LogP contribution in [0.15, 0.2) is 24.3 Å². The van der Waals surface area contributed by atoms with Crippen molar-refractivity contribution in [3.63, 3.8) is 0 Å². The first-order chi connectivity index (χ1) is 14.9. The van der Waals surface area contributed by atoms with Gasteiger partial charge in [-0.3, -0.25) is 19.9 Å². The lowest BCUT2D eigenvalue weighted by Gasteiger charge is -2.46. The predicted octanol–water partition coefficient (Wildman–Crippen LogP) is 3.20. The Morgan fingerprint density at radius 3 is 2.45 bits per heavy atom. The van der Waals surface area contributed by atoms with Crippen LogP contribution < -0.4 is 10.2 Å². The van der Waals surface area contributed by atoms with Crippen LogP contribution in [-0.4, -0.2) is 71.8 Å². The zero-order valence-electron chi connectivity index (χ0n) is 19.4. The van der Waals surface area contributed by atoms with Crippen LogP contribution in [0.2, 0.25) is 0 Å². The molecule has 0 aromatic heterocycles. The van der Waals surface area contributed by atoms with Gasteiger partial charge < -0.3 is 9.80 Å². The van der Waals surface area contributed by atoms with Gasteiger partial charge in [-0.2, -0.15) is 0 Å². The highest BCUT2D eigenvalue weighted by Gasteiger charge is 2.56. The summed E-state index contributed by atoms with van der Waals surface area (Å²) in [5.74, 6) is 0.382. The summed E-state index contributed by atoms with van der Waals surface area (Å²) >= 11 is 0. The van der Waals surface area contributed by atoms with Crippen molar-refractivity contribution in [2.24, 2.45) is 5.92 Å². The third-order valence-electron chi connectivity index (χ3n) is 6.94. The van der Waals surface area contributed by atoms with Crippen molar-refractivity contribution in [2.75, 3.05) is 31.6 Å². The van der Waals surface area contributed by atoms with Gasteiger partial charge >= 0.3 is 6.03 Å². The Morgan fingerprint density at radius 1 is 1.03 bits per heavy atom. The topological polar surface area (TPSA) is 59.1 Å². The molecule has 4 unspecified atom stereocenters. The van der Waals surface area contributed by atoms with E-state index < -0.39 is 0 Å². The van der Waals surface area contributed by atoms with Crippen LogP contribution in [0.1, 0.15) is 51.5 Å². The summed E-state index contributed by atoms with van der Waals surface area (Å²) in [5.41, 5.74) is 2.38. The first kappa shape index (κ1) is 22.1. The SMILES string of the molecule is CCCCCCCN1C(=O)C2C(NC3N(c4ccc(C)cc4)CC(C)CN23)N(C)C1=O. The van der Waals surface area contributed by atoms with Gasteiger partial charge in [0.15, 0.2) is 0 Å². The number of carbonyl (C=O) groups is 2. The molecule has 3 aliphatic rings. The first-order valence-electron chi connectivity index (χ1n) is 11.9. The lowest BCUT2D eigenvalue weighted by molar-refractivity contribution is -0.138. The van der Waals surface area contributed by atoms with Gasteiger partial charge in [0.05, 0.1) is 0 Å². The van der Waals surface area contributed by atoms with Crippen molar-refractivity contribution in [3.8, 4) is 0 Å². The van der Waals surface area contributed by atoms with E-state index >= 15 is 0 Å². The van der Waals surface area contributed by atoms with E-state index in [0.717, 1.165) is 38.0 Å². The standard InChI is InChI=1S/C24H37N5O2/c1-5-6-7-8-9-14-27-22(30)20-21(26(4)24(27)31)25-23-28(15-18(3)16-29(20)23)19-12-10-17(2)11-13-19/h10-13,18,20-21,23,25H,5-9,14-16H2,1-4H3. The van der Waals surface area contributed by atoms with E-state index in [4.69, 9.17) is 0 Å². The van der Waals surface area contributed by atoms with Gasteiger partial charge in [0.2, 0.25) is 0 Å². The number of aryl methyl sites for hydroxylation is 1. The minimum Gasteiger partial charge on any atom is -0.343 e. The van der Waals surface area contributed by atoms with E-state index in [-0.39, 0.29) is 30.4 Å². The summed E-state index contributed by atoms with van der Waals surface area (Å²) in [6.07, 6.45) is 5.12. The first-order valence-corrected chi connectivity index (χ1v) is 11.9. The zero-order valence-corrected chi connectivity index (χ0v) is 19.4. The molecule has 170 valence electrons. The van der Waals surface area contributed by atoms with Gasteiger partial charge in [-0.1, -0.05) is 57.2 Å². The number of anilines is 1. The van der Waals surface area contributed by atoms with E-state index in [1.165, 1.54) is 23.3 Å². The van der Waals surface area contributed by atoms with Crippen LogP contribution in [-0.2, 0) is 4.79 Å². The summed E-state index contributed by atoms with van der Waals surface area (Å²) in [6, 6.07) is 8.04. The highest BCUT2D eigenvalue weighted by molar-refractivity contribution is 6.00. The molecule has 7 nitrogen and oxygen atoms in total. The molecule has 0 radical (unpaired) electrons. The van der Waals surface area contributed by atoms with Crippen LogP contribution in [0, 0.1) is 12.8 Å². The Hall–Kier alpha value is -2.12. The number of amides is 3. The van der Waals surface area contributed by atoms with Crippen LogP contribution in [0.5, 0.6) is 0 Å². The molecular weight excluding hydrogens is 390 g/mol. The lowest BCUT2D eigenvalue weighted by atomic mass is 10.0. The lowest BCUT2D eigenvalue weighted by Crippen LogP contribution is -2.66. The molecule has 4 rings (SSSR count). The highest BCUT2D eigenvalue weighted by Crippen LogP contribution is 2.34. The number of benzene rings is 1. The number of fused-ring (bicyclic) bond motifs is 3. The molecular formula is C24H37N5O2. The third-order valence-corrected chi connectivity index (χ3v) is 6.94. The summed E-state index contributed by atoms with van der Waals surface area (Å²) < 4.78 is 0. The molecule has 0 saturated carbocycles. The second-order valence-corrected chi connectivity index (χ2v) is 9.52. The number of imide groups is 1. The van der Waals surface area contributed by atoms with Crippen LogP contribution in [0.25, 0.3) is 0 Å². The molecule has 0 aliphatic carbocycles. The number of nitrogens with one attached hydrogen (secondary N) is 1. The number of rotatable bonds is 7. The number of hydrogen-bond donors (Lipinski definition) is 1. The second-order valence-electron chi connectivity index (χ2n) is 9.52. The smallest absolute Gasteiger partial charge is 0.327 e. The van der Waals surface area contributed by atoms with Gasteiger partial charge in [0.25, 0.3) is 5.91 Å². The maximum Gasteiger partial charge on any atom is 0.327 e. The molecule has 0 spiro atoms. The summed E-state index contributed by atoms with van der Waals surface area (Å²) in [4.78, 5) is 34.4. The molecule has 3 saturated heterocycles. The average molecular weight is 428 g/mol. The third kappa shape index (κ3) is 4.17. The summed E-state index contributed by atoms with van der Waals surface area (Å²) in [6.45, 7) is 8.80. The van der Waals surface area contributed by atoms with Crippen molar-refractivity contribution >= 4 is 17.6 Å². The number of unbranched alkanes of at least 4 members (excludes halogenated alkanes) is 4. The maximum absolute atomic E-state index is 13.5. The fraction of sp³-hybridized carbons (Fsp3) is 0.667. The fourth-order valence-electron chi connectivity index (χ4n) is 5.23. The predicted molar refractivity (Wildman–Crippen MR) is 123 cm³/mol. The number of hydrogen-bond acceptors (Lipinski definition) is 5. The van der Waals surface area contributed by atoms with E-state index in [0.29, 0.717) is 12.5 Å². The van der Waals surface area contributed by atoms with Crippen LogP contribution >= 0.6 is 0 Å². The molecule has 31 heavy (non-hydrogen) atoms. The summed E-state index contributed by atoms with van der Waals surface area (Å²) in [7, 11) is 1.82. The molecule has 1 aromatic carbocycles. The number of nitrogens with zero attached hydrogens (tertiary/aromatic N) is 4. The Morgan fingerprint density at radius 2 is 1.74 bits per heavy atom. The molecule has 3 fully saturated rings. The largest absolute Gasteiger partial charge is 0.343 e. The van der Waals surface area contributed by atoms with E-state index in [1.54, 1.807) is 4.90 Å². The van der Waals surface area contributed by atoms with Crippen molar-refractivity contribution in [3.05, 3.63) is 29.8 Å². The minimum atomic E-state index is -0.334. The molecule has 3 heterocycles. The van der Waals surface area contributed by atoms with Crippen molar-refractivity contribution in [1.82, 2.24) is 20.0 Å². The molecule has 4 atom stereocenters. The maximum atomic E-state index is 13.5. The van der Waals surface area contributed by atoms with Crippen molar-refractivity contribution in [2.45, 2.75) is 71.4 Å². The Labute approximate surface area is 186 Å². The molecule has 0 bridgehead atoms. The normalized spacial score (nSPS) is 28.8. The minimum absolute atomic E-state index is 0.0449. The van der Waals surface area contributed by atoms with Gasteiger partial charge in [-0.15, -0.1) is 0 Å². The highest BCUT2D eigenvalue weighted by atomic mass is 16.2. The van der Waals surface area contributed by atoms with Gasteiger partial charge in [0.1, 0.15) is 18.5 Å². The molecule has 3 amide bonds. The van der Waals surface area contributed by atoms with Crippen LogP contribution in [0.3, 0.4) is 0 Å². The Bertz CT molecular complexity index is 798. The van der Waals surface area contributed by atoms with Gasteiger partial charge in [0, 0.05) is 32.4 Å². The van der Waals surface area contributed by atoms with E-state index in [2.05, 4.69) is 60.2 Å². The van der Waals surface area contributed by atoms with Crippen molar-refractivity contribution in [1.29, 1.82) is 0 Å². The van der Waals surface area contributed by atoms with Gasteiger partial charge in [-0.05, 0) is 31.4 Å². The second kappa shape index (κ2) is 9.17.